The topological polar surface area (TPSA) is 81.8 Å². The summed E-state index contributed by atoms with van der Waals surface area (Å²) in [5, 5.41) is 21.5. The van der Waals surface area contributed by atoms with E-state index in [1.165, 1.54) is 12.4 Å². The Hall–Kier alpha value is -2.45. The molecule has 0 radical (unpaired) electrons. The summed E-state index contributed by atoms with van der Waals surface area (Å²) in [6.07, 6.45) is 2.25. The lowest BCUT2D eigenvalue weighted by Crippen LogP contribution is -2.13. The summed E-state index contributed by atoms with van der Waals surface area (Å²) in [7, 11) is 0. The molecule has 0 amide bonds. The molecule has 90 valence electrons. The Labute approximate surface area is 105 Å². The van der Waals surface area contributed by atoms with Crippen molar-refractivity contribution in [1.29, 1.82) is 5.26 Å². The first-order valence-electron chi connectivity index (χ1n) is 5.48. The number of aromatic nitrogens is 2. The molecule has 1 aromatic heterocycles. The van der Waals surface area contributed by atoms with Gasteiger partial charge in [-0.1, -0.05) is 30.3 Å². The van der Waals surface area contributed by atoms with E-state index in [1.807, 2.05) is 36.4 Å². The number of benzene rings is 1. The summed E-state index contributed by atoms with van der Waals surface area (Å²) in [6.45, 7) is 0.338. The van der Waals surface area contributed by atoms with E-state index >= 15 is 0 Å². The standard InChI is InChI=1S/C13H12N4O/c14-6-11-7-16-13(9-15-11)17-8-12(18)10-4-2-1-3-5-10/h1-5,7,9,12,18H,8H2,(H,16,17). The number of hydrogen-bond donors (Lipinski definition) is 2. The molecule has 2 aromatic rings. The van der Waals surface area contributed by atoms with Crippen molar-refractivity contribution >= 4 is 5.82 Å². The molecule has 2 N–H and O–H groups in total. The third-order valence-corrected chi connectivity index (χ3v) is 2.43. The molecule has 0 aliphatic heterocycles. The van der Waals surface area contributed by atoms with Gasteiger partial charge in [0.1, 0.15) is 11.9 Å². The van der Waals surface area contributed by atoms with Crippen LogP contribution in [0.2, 0.25) is 0 Å². The fourth-order valence-corrected chi connectivity index (χ4v) is 1.47. The van der Waals surface area contributed by atoms with Crippen LogP contribution in [0.5, 0.6) is 0 Å². The molecule has 5 nitrogen and oxygen atoms in total. The Morgan fingerprint density at radius 1 is 1.22 bits per heavy atom. The number of rotatable bonds is 4. The average Bonchev–Trinajstić information content (AvgIpc) is 2.46. The molecule has 0 spiro atoms. The Morgan fingerprint density at radius 3 is 2.61 bits per heavy atom. The Kier molecular flexibility index (Phi) is 3.84. The van der Waals surface area contributed by atoms with Crippen LogP contribution in [0.15, 0.2) is 42.7 Å². The van der Waals surface area contributed by atoms with Crippen molar-refractivity contribution in [2.45, 2.75) is 6.10 Å². The van der Waals surface area contributed by atoms with Gasteiger partial charge in [0, 0.05) is 6.54 Å². The van der Waals surface area contributed by atoms with E-state index in [0.717, 1.165) is 5.56 Å². The van der Waals surface area contributed by atoms with Gasteiger partial charge in [0.15, 0.2) is 5.69 Å². The lowest BCUT2D eigenvalue weighted by molar-refractivity contribution is 0.191. The second-order valence-electron chi connectivity index (χ2n) is 3.71. The van der Waals surface area contributed by atoms with Gasteiger partial charge in [0.2, 0.25) is 0 Å². The van der Waals surface area contributed by atoms with Gasteiger partial charge in [0.25, 0.3) is 0 Å². The Morgan fingerprint density at radius 2 is 2.00 bits per heavy atom. The van der Waals surface area contributed by atoms with Gasteiger partial charge in [-0.25, -0.2) is 9.97 Å². The number of nitriles is 1. The van der Waals surface area contributed by atoms with Gasteiger partial charge in [-0.3, -0.25) is 0 Å². The van der Waals surface area contributed by atoms with E-state index in [1.54, 1.807) is 0 Å². The number of hydrogen-bond acceptors (Lipinski definition) is 5. The highest BCUT2D eigenvalue weighted by atomic mass is 16.3. The predicted molar refractivity (Wildman–Crippen MR) is 66.6 cm³/mol. The van der Waals surface area contributed by atoms with Crippen molar-refractivity contribution in [1.82, 2.24) is 9.97 Å². The van der Waals surface area contributed by atoms with Crippen LogP contribution in [0.3, 0.4) is 0 Å². The van der Waals surface area contributed by atoms with Gasteiger partial charge in [-0.05, 0) is 5.56 Å². The SMILES string of the molecule is N#Cc1cnc(NCC(O)c2ccccc2)cn1. The van der Waals surface area contributed by atoms with E-state index in [0.29, 0.717) is 12.4 Å². The van der Waals surface area contributed by atoms with Crippen molar-refractivity contribution < 1.29 is 5.11 Å². The highest BCUT2D eigenvalue weighted by Gasteiger charge is 2.06. The normalized spacial score (nSPS) is 11.6. The first kappa shape index (κ1) is 12.0. The van der Waals surface area contributed by atoms with Crippen molar-refractivity contribution in [3.05, 3.63) is 54.0 Å². The van der Waals surface area contributed by atoms with Crippen molar-refractivity contribution in [3.8, 4) is 6.07 Å². The molecule has 0 bridgehead atoms. The number of aliphatic hydroxyl groups excluding tert-OH is 1. The van der Waals surface area contributed by atoms with Gasteiger partial charge < -0.3 is 10.4 Å². The minimum absolute atomic E-state index is 0.268. The second kappa shape index (κ2) is 5.75. The predicted octanol–water partition coefficient (Wildman–Crippen LogP) is 1.49. The van der Waals surface area contributed by atoms with Crippen molar-refractivity contribution in [3.63, 3.8) is 0 Å². The van der Waals surface area contributed by atoms with Crippen LogP contribution < -0.4 is 5.32 Å². The molecule has 1 aromatic carbocycles. The molecule has 0 aliphatic rings. The fraction of sp³-hybridized carbons (Fsp3) is 0.154. The first-order chi connectivity index (χ1) is 8.79. The Bertz CT molecular complexity index is 533. The molecule has 18 heavy (non-hydrogen) atoms. The van der Waals surface area contributed by atoms with Crippen LogP contribution >= 0.6 is 0 Å². The van der Waals surface area contributed by atoms with Gasteiger partial charge >= 0.3 is 0 Å². The van der Waals surface area contributed by atoms with Crippen LogP contribution in [-0.2, 0) is 0 Å². The molecule has 5 heteroatoms. The number of aliphatic hydroxyl groups is 1. The summed E-state index contributed by atoms with van der Waals surface area (Å²) in [6, 6.07) is 11.3. The summed E-state index contributed by atoms with van der Waals surface area (Å²) in [5.41, 5.74) is 1.11. The summed E-state index contributed by atoms with van der Waals surface area (Å²) >= 11 is 0. The Balaban J connectivity index is 1.93. The monoisotopic (exact) mass is 240 g/mol. The van der Waals surface area contributed by atoms with E-state index in [-0.39, 0.29) is 5.69 Å². The quantitative estimate of drug-likeness (QED) is 0.846. The number of nitrogens with one attached hydrogen (secondary N) is 1. The lowest BCUT2D eigenvalue weighted by atomic mass is 10.1. The van der Waals surface area contributed by atoms with Crippen LogP contribution in [0, 0.1) is 11.3 Å². The minimum Gasteiger partial charge on any atom is -0.387 e. The summed E-state index contributed by atoms with van der Waals surface area (Å²) in [4.78, 5) is 7.89. The first-order valence-corrected chi connectivity index (χ1v) is 5.48. The highest BCUT2D eigenvalue weighted by molar-refractivity contribution is 5.33. The van der Waals surface area contributed by atoms with E-state index in [2.05, 4.69) is 15.3 Å². The molecule has 1 heterocycles. The molecule has 0 aliphatic carbocycles. The lowest BCUT2D eigenvalue weighted by Gasteiger charge is -2.12. The number of nitrogens with zero attached hydrogens (tertiary/aromatic N) is 3. The third kappa shape index (κ3) is 3.03. The average molecular weight is 240 g/mol. The van der Waals surface area contributed by atoms with Crippen LogP contribution in [-0.4, -0.2) is 21.6 Å². The molecule has 0 fully saturated rings. The van der Waals surface area contributed by atoms with Crippen molar-refractivity contribution in [2.75, 3.05) is 11.9 Å². The van der Waals surface area contributed by atoms with E-state index in [9.17, 15) is 5.11 Å². The smallest absolute Gasteiger partial charge is 0.158 e. The second-order valence-corrected chi connectivity index (χ2v) is 3.71. The zero-order valence-corrected chi connectivity index (χ0v) is 9.61. The van der Waals surface area contributed by atoms with Crippen LogP contribution in [0.25, 0.3) is 0 Å². The largest absolute Gasteiger partial charge is 0.387 e. The van der Waals surface area contributed by atoms with Crippen LogP contribution in [0.1, 0.15) is 17.4 Å². The molecule has 0 saturated carbocycles. The van der Waals surface area contributed by atoms with Gasteiger partial charge in [-0.15, -0.1) is 0 Å². The maximum atomic E-state index is 9.92. The molecular weight excluding hydrogens is 228 g/mol. The number of anilines is 1. The summed E-state index contributed by atoms with van der Waals surface area (Å²) in [5.74, 6) is 0.531. The molecular formula is C13H12N4O. The molecule has 2 rings (SSSR count). The third-order valence-electron chi connectivity index (χ3n) is 2.43. The minimum atomic E-state index is -0.608. The van der Waals surface area contributed by atoms with E-state index < -0.39 is 6.10 Å². The maximum Gasteiger partial charge on any atom is 0.158 e. The molecule has 0 saturated heterocycles. The van der Waals surface area contributed by atoms with Crippen molar-refractivity contribution in [2.24, 2.45) is 0 Å². The van der Waals surface area contributed by atoms with Crippen LogP contribution in [0.4, 0.5) is 5.82 Å². The fourth-order valence-electron chi connectivity index (χ4n) is 1.47. The highest BCUT2D eigenvalue weighted by Crippen LogP contribution is 2.12. The van der Waals surface area contributed by atoms with Gasteiger partial charge in [-0.2, -0.15) is 5.26 Å². The summed E-state index contributed by atoms with van der Waals surface area (Å²) < 4.78 is 0. The zero-order valence-electron chi connectivity index (χ0n) is 9.61. The molecule has 1 unspecified atom stereocenters. The van der Waals surface area contributed by atoms with E-state index in [4.69, 9.17) is 5.26 Å². The maximum absolute atomic E-state index is 9.92. The zero-order chi connectivity index (χ0) is 12.8. The van der Waals surface area contributed by atoms with Gasteiger partial charge in [0.05, 0.1) is 18.5 Å². The molecule has 1 atom stereocenters.